The molecule has 106 valence electrons. The van der Waals surface area contributed by atoms with Crippen molar-refractivity contribution in [2.75, 3.05) is 18.5 Å². The van der Waals surface area contributed by atoms with Gasteiger partial charge in [-0.15, -0.1) is 0 Å². The number of anilines is 1. The van der Waals surface area contributed by atoms with E-state index >= 15 is 0 Å². The van der Waals surface area contributed by atoms with Crippen LogP contribution in [0.2, 0.25) is 0 Å². The van der Waals surface area contributed by atoms with Crippen molar-refractivity contribution in [3.8, 4) is 0 Å². The number of nitrogens with two attached hydrogens (primary N) is 1. The number of rotatable bonds is 4. The lowest BCUT2D eigenvalue weighted by molar-refractivity contribution is 0.0988. The first-order valence-corrected chi connectivity index (χ1v) is 6.60. The van der Waals surface area contributed by atoms with Crippen LogP contribution in [0.4, 0.5) is 5.69 Å². The molecule has 1 aromatic heterocycles. The quantitative estimate of drug-likeness (QED) is 0.922. The van der Waals surface area contributed by atoms with Crippen molar-refractivity contribution >= 4 is 11.6 Å². The molecule has 0 spiro atoms. The fourth-order valence-electron chi connectivity index (χ4n) is 2.20. The first kappa shape index (κ1) is 14.3. The van der Waals surface area contributed by atoms with Crippen molar-refractivity contribution in [2.24, 2.45) is 5.73 Å². The van der Waals surface area contributed by atoms with Crippen LogP contribution in [0.15, 0.2) is 30.7 Å². The second kappa shape index (κ2) is 5.88. The minimum Gasteiger partial charge on any atom is -0.335 e. The standard InChI is InChI=1S/C15H20N4O/c1-11-4-5-14(12(2)8-11)18(3)15(20)13-9-19(7-6-16)10-17-13/h4-5,8-10H,6-7,16H2,1-3H3. The lowest BCUT2D eigenvalue weighted by atomic mass is 10.1. The van der Waals surface area contributed by atoms with Crippen LogP contribution < -0.4 is 10.6 Å². The van der Waals surface area contributed by atoms with E-state index in [1.807, 2.05) is 30.5 Å². The Kier molecular flexibility index (Phi) is 4.20. The van der Waals surface area contributed by atoms with Crippen LogP contribution in [0, 0.1) is 13.8 Å². The van der Waals surface area contributed by atoms with E-state index in [4.69, 9.17) is 5.73 Å². The summed E-state index contributed by atoms with van der Waals surface area (Å²) in [4.78, 5) is 18.2. The predicted octanol–water partition coefficient (Wildman–Crippen LogP) is 1.74. The first-order chi connectivity index (χ1) is 9.52. The maximum Gasteiger partial charge on any atom is 0.278 e. The van der Waals surface area contributed by atoms with Crippen LogP contribution in [0.5, 0.6) is 0 Å². The van der Waals surface area contributed by atoms with Crippen molar-refractivity contribution in [1.29, 1.82) is 0 Å². The number of hydrogen-bond donors (Lipinski definition) is 1. The van der Waals surface area contributed by atoms with E-state index in [-0.39, 0.29) is 5.91 Å². The third kappa shape index (κ3) is 2.88. The topological polar surface area (TPSA) is 64.2 Å². The van der Waals surface area contributed by atoms with Gasteiger partial charge < -0.3 is 15.2 Å². The molecule has 0 saturated heterocycles. The van der Waals surface area contributed by atoms with Gasteiger partial charge in [0.25, 0.3) is 5.91 Å². The molecule has 0 aliphatic rings. The number of carbonyl (C=O) groups is 1. The molecule has 0 saturated carbocycles. The Morgan fingerprint density at radius 2 is 2.15 bits per heavy atom. The molecule has 1 aromatic carbocycles. The average molecular weight is 272 g/mol. The molecule has 2 rings (SSSR count). The van der Waals surface area contributed by atoms with Crippen molar-refractivity contribution < 1.29 is 4.79 Å². The summed E-state index contributed by atoms with van der Waals surface area (Å²) in [7, 11) is 1.77. The molecule has 5 heteroatoms. The molecule has 0 radical (unpaired) electrons. The smallest absolute Gasteiger partial charge is 0.278 e. The Bertz CT molecular complexity index is 618. The Hall–Kier alpha value is -2.14. The molecule has 2 N–H and O–H groups in total. The summed E-state index contributed by atoms with van der Waals surface area (Å²) in [5, 5.41) is 0. The van der Waals surface area contributed by atoms with Crippen LogP contribution in [0.1, 0.15) is 21.6 Å². The largest absolute Gasteiger partial charge is 0.335 e. The Balaban J connectivity index is 2.22. The summed E-state index contributed by atoms with van der Waals surface area (Å²) in [6, 6.07) is 6.02. The van der Waals surface area contributed by atoms with Gasteiger partial charge >= 0.3 is 0 Å². The average Bonchev–Trinajstić information content (AvgIpc) is 2.86. The Morgan fingerprint density at radius 1 is 1.40 bits per heavy atom. The maximum absolute atomic E-state index is 12.4. The summed E-state index contributed by atoms with van der Waals surface area (Å²) in [6.45, 7) is 5.22. The lowest BCUT2D eigenvalue weighted by Crippen LogP contribution is -2.27. The summed E-state index contributed by atoms with van der Waals surface area (Å²) < 4.78 is 1.82. The highest BCUT2D eigenvalue weighted by Gasteiger charge is 2.17. The zero-order valence-corrected chi connectivity index (χ0v) is 12.1. The number of benzene rings is 1. The third-order valence-electron chi connectivity index (χ3n) is 3.26. The highest BCUT2D eigenvalue weighted by Crippen LogP contribution is 2.21. The molecule has 0 aliphatic heterocycles. The Morgan fingerprint density at radius 3 is 2.80 bits per heavy atom. The lowest BCUT2D eigenvalue weighted by Gasteiger charge is -2.18. The number of nitrogens with zero attached hydrogens (tertiary/aromatic N) is 3. The second-order valence-corrected chi connectivity index (χ2v) is 4.94. The first-order valence-electron chi connectivity index (χ1n) is 6.60. The normalized spacial score (nSPS) is 10.6. The van der Waals surface area contributed by atoms with Crippen LogP contribution in [-0.2, 0) is 6.54 Å². The van der Waals surface area contributed by atoms with E-state index in [9.17, 15) is 4.79 Å². The van der Waals surface area contributed by atoms with E-state index in [1.165, 1.54) is 5.56 Å². The monoisotopic (exact) mass is 272 g/mol. The number of aromatic nitrogens is 2. The molecular formula is C15H20N4O. The van der Waals surface area contributed by atoms with Crippen LogP contribution in [0.3, 0.4) is 0 Å². The number of aryl methyl sites for hydroxylation is 2. The number of imidazole rings is 1. The fraction of sp³-hybridized carbons (Fsp3) is 0.333. The highest BCUT2D eigenvalue weighted by molar-refractivity contribution is 6.04. The van der Waals surface area contributed by atoms with Crippen molar-refractivity contribution in [2.45, 2.75) is 20.4 Å². The van der Waals surface area contributed by atoms with Crippen LogP contribution >= 0.6 is 0 Å². The summed E-state index contributed by atoms with van der Waals surface area (Å²) in [5.41, 5.74) is 9.07. The third-order valence-corrected chi connectivity index (χ3v) is 3.26. The number of hydrogen-bond acceptors (Lipinski definition) is 3. The maximum atomic E-state index is 12.4. The molecule has 1 heterocycles. The van der Waals surface area contributed by atoms with E-state index in [2.05, 4.69) is 11.1 Å². The van der Waals surface area contributed by atoms with Crippen molar-refractivity contribution in [1.82, 2.24) is 9.55 Å². The number of carbonyl (C=O) groups excluding carboxylic acids is 1. The van der Waals surface area contributed by atoms with E-state index in [0.717, 1.165) is 11.3 Å². The van der Waals surface area contributed by atoms with Gasteiger partial charge in [0, 0.05) is 32.0 Å². The van der Waals surface area contributed by atoms with Gasteiger partial charge in [-0.05, 0) is 25.5 Å². The minimum absolute atomic E-state index is 0.118. The molecule has 20 heavy (non-hydrogen) atoms. The summed E-state index contributed by atoms with van der Waals surface area (Å²) in [6.07, 6.45) is 3.37. The molecule has 0 aliphatic carbocycles. The van der Waals surface area contributed by atoms with Gasteiger partial charge in [0.1, 0.15) is 5.69 Å². The molecule has 1 amide bonds. The summed E-state index contributed by atoms with van der Waals surface area (Å²) >= 11 is 0. The zero-order chi connectivity index (χ0) is 14.7. The van der Waals surface area contributed by atoms with Gasteiger partial charge in [-0.3, -0.25) is 4.79 Å². The predicted molar refractivity (Wildman–Crippen MR) is 79.9 cm³/mol. The van der Waals surface area contributed by atoms with E-state index in [1.54, 1.807) is 24.5 Å². The molecule has 2 aromatic rings. The van der Waals surface area contributed by atoms with Crippen LogP contribution in [0.25, 0.3) is 0 Å². The van der Waals surface area contributed by atoms with Gasteiger partial charge in [-0.2, -0.15) is 0 Å². The fourth-order valence-corrected chi connectivity index (χ4v) is 2.20. The molecule has 0 unspecified atom stereocenters. The molecule has 0 atom stereocenters. The highest BCUT2D eigenvalue weighted by atomic mass is 16.2. The SMILES string of the molecule is Cc1ccc(N(C)C(=O)c2cn(CCN)cn2)c(C)c1. The molecule has 0 bridgehead atoms. The minimum atomic E-state index is -0.118. The Labute approximate surface area is 119 Å². The molecule has 5 nitrogen and oxygen atoms in total. The van der Waals surface area contributed by atoms with Gasteiger partial charge in [0.05, 0.1) is 6.33 Å². The van der Waals surface area contributed by atoms with Gasteiger partial charge in [0.15, 0.2) is 0 Å². The molecule has 0 fully saturated rings. The van der Waals surface area contributed by atoms with E-state index in [0.29, 0.717) is 18.8 Å². The second-order valence-electron chi connectivity index (χ2n) is 4.94. The van der Waals surface area contributed by atoms with Gasteiger partial charge in [-0.1, -0.05) is 17.7 Å². The van der Waals surface area contributed by atoms with Crippen molar-refractivity contribution in [3.63, 3.8) is 0 Å². The van der Waals surface area contributed by atoms with Crippen molar-refractivity contribution in [3.05, 3.63) is 47.5 Å². The van der Waals surface area contributed by atoms with Crippen LogP contribution in [-0.4, -0.2) is 29.1 Å². The molecular weight excluding hydrogens is 252 g/mol. The zero-order valence-electron chi connectivity index (χ0n) is 12.1. The van der Waals surface area contributed by atoms with E-state index < -0.39 is 0 Å². The summed E-state index contributed by atoms with van der Waals surface area (Å²) in [5.74, 6) is -0.118. The van der Waals surface area contributed by atoms with Gasteiger partial charge in [-0.25, -0.2) is 4.98 Å². The van der Waals surface area contributed by atoms with Gasteiger partial charge in [0.2, 0.25) is 0 Å². The number of amides is 1.